The molecule has 1 aliphatic carbocycles. The maximum absolute atomic E-state index is 11.9. The van der Waals surface area contributed by atoms with Crippen LogP contribution in [0.15, 0.2) is 0 Å². The predicted molar refractivity (Wildman–Crippen MR) is 60.2 cm³/mol. The lowest BCUT2D eigenvalue weighted by Gasteiger charge is -2.19. The molecule has 1 atom stereocenters. The lowest BCUT2D eigenvalue weighted by Crippen LogP contribution is -2.32. The molecule has 86 valence electrons. The minimum atomic E-state index is 0.256. The van der Waals surface area contributed by atoms with Gasteiger partial charge in [0, 0.05) is 19.0 Å². The first-order valence-corrected chi connectivity index (χ1v) is 5.82. The van der Waals surface area contributed by atoms with E-state index in [1.54, 1.807) is 0 Å². The van der Waals surface area contributed by atoms with E-state index in [1.165, 1.54) is 0 Å². The summed E-state index contributed by atoms with van der Waals surface area (Å²) >= 11 is 0. The SMILES string of the molecule is CC1(C)C(N2CC(CN)CC2=O)C1(C)C. The number of carbonyl (C=O) groups is 1. The maximum atomic E-state index is 11.9. The van der Waals surface area contributed by atoms with Crippen LogP contribution in [-0.4, -0.2) is 29.9 Å². The highest BCUT2D eigenvalue weighted by atomic mass is 16.2. The first-order valence-electron chi connectivity index (χ1n) is 5.82. The van der Waals surface area contributed by atoms with E-state index in [1.807, 2.05) is 0 Å². The third kappa shape index (κ3) is 1.32. The van der Waals surface area contributed by atoms with Crippen molar-refractivity contribution in [2.45, 2.75) is 40.2 Å². The van der Waals surface area contributed by atoms with Crippen molar-refractivity contribution in [3.8, 4) is 0 Å². The van der Waals surface area contributed by atoms with Crippen molar-refractivity contribution in [2.24, 2.45) is 22.5 Å². The Kier molecular flexibility index (Phi) is 2.16. The molecule has 1 saturated carbocycles. The second-order valence-corrected chi connectivity index (χ2v) is 6.20. The van der Waals surface area contributed by atoms with Crippen molar-refractivity contribution in [1.82, 2.24) is 4.90 Å². The van der Waals surface area contributed by atoms with Gasteiger partial charge in [-0.05, 0) is 23.3 Å². The van der Waals surface area contributed by atoms with Gasteiger partial charge in [-0.2, -0.15) is 0 Å². The first kappa shape index (κ1) is 10.9. The van der Waals surface area contributed by atoms with Crippen LogP contribution in [0.25, 0.3) is 0 Å². The van der Waals surface area contributed by atoms with E-state index in [4.69, 9.17) is 5.73 Å². The van der Waals surface area contributed by atoms with Crippen molar-refractivity contribution in [3.63, 3.8) is 0 Å². The van der Waals surface area contributed by atoms with Crippen LogP contribution in [0.2, 0.25) is 0 Å². The number of likely N-dealkylation sites (tertiary alicyclic amines) is 1. The molecule has 2 N–H and O–H groups in total. The summed E-state index contributed by atoms with van der Waals surface area (Å²) in [6, 6.07) is 0.411. The summed E-state index contributed by atoms with van der Waals surface area (Å²) in [7, 11) is 0. The van der Waals surface area contributed by atoms with Crippen molar-refractivity contribution >= 4 is 5.91 Å². The Morgan fingerprint density at radius 1 is 1.33 bits per heavy atom. The largest absolute Gasteiger partial charge is 0.338 e. The molecule has 0 aromatic heterocycles. The molecule has 2 aliphatic rings. The van der Waals surface area contributed by atoms with Crippen LogP contribution in [0.5, 0.6) is 0 Å². The van der Waals surface area contributed by atoms with E-state index >= 15 is 0 Å². The molecule has 3 nitrogen and oxygen atoms in total. The monoisotopic (exact) mass is 210 g/mol. The Morgan fingerprint density at radius 2 is 1.87 bits per heavy atom. The van der Waals surface area contributed by atoms with Crippen LogP contribution in [0.4, 0.5) is 0 Å². The zero-order chi connectivity index (χ0) is 11.4. The predicted octanol–water partition coefficient (Wildman–Crippen LogP) is 1.23. The third-order valence-electron chi connectivity index (χ3n) is 4.83. The van der Waals surface area contributed by atoms with Gasteiger partial charge in [0.2, 0.25) is 5.91 Å². The molecule has 2 rings (SSSR count). The summed E-state index contributed by atoms with van der Waals surface area (Å²) in [4.78, 5) is 13.9. The van der Waals surface area contributed by atoms with E-state index < -0.39 is 0 Å². The Morgan fingerprint density at radius 3 is 2.20 bits per heavy atom. The van der Waals surface area contributed by atoms with Crippen LogP contribution in [0.1, 0.15) is 34.1 Å². The van der Waals surface area contributed by atoms with Crippen LogP contribution >= 0.6 is 0 Å². The van der Waals surface area contributed by atoms with Gasteiger partial charge in [0.15, 0.2) is 0 Å². The zero-order valence-electron chi connectivity index (χ0n) is 10.2. The second kappa shape index (κ2) is 2.97. The molecular weight excluding hydrogens is 188 g/mol. The second-order valence-electron chi connectivity index (χ2n) is 6.20. The molecule has 0 aromatic rings. The third-order valence-corrected chi connectivity index (χ3v) is 4.83. The average molecular weight is 210 g/mol. The van der Waals surface area contributed by atoms with Crippen molar-refractivity contribution in [2.75, 3.05) is 13.1 Å². The smallest absolute Gasteiger partial charge is 0.223 e. The molecule has 3 heteroatoms. The highest BCUT2D eigenvalue weighted by Gasteiger charge is 2.68. The Balaban J connectivity index is 2.12. The van der Waals surface area contributed by atoms with E-state index in [0.717, 1.165) is 6.54 Å². The molecule has 15 heavy (non-hydrogen) atoms. The van der Waals surface area contributed by atoms with Gasteiger partial charge >= 0.3 is 0 Å². The summed E-state index contributed by atoms with van der Waals surface area (Å²) in [6.45, 7) is 10.5. The average Bonchev–Trinajstić information content (AvgIpc) is 2.46. The fourth-order valence-electron chi connectivity index (χ4n) is 3.16. The lowest BCUT2D eigenvalue weighted by molar-refractivity contribution is -0.128. The summed E-state index contributed by atoms with van der Waals surface area (Å²) in [5.74, 6) is 0.679. The van der Waals surface area contributed by atoms with E-state index in [-0.39, 0.29) is 10.8 Å². The molecule has 1 unspecified atom stereocenters. The van der Waals surface area contributed by atoms with E-state index in [9.17, 15) is 4.79 Å². The summed E-state index contributed by atoms with van der Waals surface area (Å²) < 4.78 is 0. The molecule has 1 heterocycles. The number of rotatable bonds is 2. The summed E-state index contributed by atoms with van der Waals surface area (Å²) in [6.07, 6.45) is 0.652. The molecule has 0 radical (unpaired) electrons. The Labute approximate surface area is 92.0 Å². The molecule has 1 aliphatic heterocycles. The minimum Gasteiger partial charge on any atom is -0.338 e. The Hall–Kier alpha value is -0.570. The van der Waals surface area contributed by atoms with Gasteiger partial charge in [-0.3, -0.25) is 4.79 Å². The number of hydrogen-bond donors (Lipinski definition) is 1. The van der Waals surface area contributed by atoms with Crippen LogP contribution in [0.3, 0.4) is 0 Å². The van der Waals surface area contributed by atoms with Crippen LogP contribution in [-0.2, 0) is 4.79 Å². The number of carbonyl (C=O) groups excluding carboxylic acids is 1. The van der Waals surface area contributed by atoms with Gasteiger partial charge in [0.05, 0.1) is 0 Å². The number of nitrogens with zero attached hydrogens (tertiary/aromatic N) is 1. The summed E-state index contributed by atoms with van der Waals surface area (Å²) in [5.41, 5.74) is 6.15. The molecular formula is C12H22N2O. The minimum absolute atomic E-state index is 0.256. The Bertz CT molecular complexity index is 282. The first-order chi connectivity index (χ1) is 6.82. The van der Waals surface area contributed by atoms with Gasteiger partial charge in [-0.1, -0.05) is 27.7 Å². The fourth-order valence-corrected chi connectivity index (χ4v) is 3.16. The van der Waals surface area contributed by atoms with Crippen LogP contribution in [0, 0.1) is 16.7 Å². The maximum Gasteiger partial charge on any atom is 0.223 e. The van der Waals surface area contributed by atoms with Gasteiger partial charge in [0.25, 0.3) is 0 Å². The van der Waals surface area contributed by atoms with Gasteiger partial charge < -0.3 is 10.6 Å². The topological polar surface area (TPSA) is 46.3 Å². The molecule has 2 fully saturated rings. The molecule has 1 saturated heterocycles. The zero-order valence-corrected chi connectivity index (χ0v) is 10.2. The van der Waals surface area contributed by atoms with E-state index in [0.29, 0.717) is 30.8 Å². The number of nitrogens with two attached hydrogens (primary N) is 1. The standard InChI is InChI=1S/C12H22N2O/c1-11(2)10(12(11,3)4)14-7-8(6-13)5-9(14)15/h8,10H,5-7,13H2,1-4H3. The van der Waals surface area contributed by atoms with Crippen molar-refractivity contribution in [3.05, 3.63) is 0 Å². The van der Waals surface area contributed by atoms with E-state index in [2.05, 4.69) is 32.6 Å². The molecule has 0 aromatic carbocycles. The van der Waals surface area contributed by atoms with Crippen molar-refractivity contribution in [1.29, 1.82) is 0 Å². The quantitative estimate of drug-likeness (QED) is 0.745. The normalized spacial score (nSPS) is 33.5. The van der Waals surface area contributed by atoms with Gasteiger partial charge in [-0.15, -0.1) is 0 Å². The fraction of sp³-hybridized carbons (Fsp3) is 0.917. The van der Waals surface area contributed by atoms with Gasteiger partial charge in [-0.25, -0.2) is 0 Å². The number of hydrogen-bond acceptors (Lipinski definition) is 2. The van der Waals surface area contributed by atoms with Gasteiger partial charge in [0.1, 0.15) is 0 Å². The van der Waals surface area contributed by atoms with Crippen LogP contribution < -0.4 is 5.73 Å². The number of amides is 1. The molecule has 0 bridgehead atoms. The molecule has 0 spiro atoms. The molecule has 1 amide bonds. The highest BCUT2D eigenvalue weighted by molar-refractivity contribution is 5.79. The van der Waals surface area contributed by atoms with Crippen molar-refractivity contribution < 1.29 is 4.79 Å². The highest BCUT2D eigenvalue weighted by Crippen LogP contribution is 2.65. The summed E-state index contributed by atoms with van der Waals surface area (Å²) in [5, 5.41) is 0. The lowest BCUT2D eigenvalue weighted by atomic mass is 10.0.